The number of hydrogen-bond acceptors (Lipinski definition) is 5. The van der Waals surface area contributed by atoms with Crippen LogP contribution in [-0.2, 0) is 6.42 Å². The maximum absolute atomic E-state index is 13.0. The smallest absolute Gasteiger partial charge is 0.349 e. The SMILES string of the molecule is Cc1cc(CCC(C)C)oc(=O)c1C(=O)N1CCCC(C(=O)c2cccs2)C1. The number of ketones is 1. The Labute approximate surface area is 169 Å². The number of likely N-dealkylation sites (tertiary alicyclic amines) is 1. The van der Waals surface area contributed by atoms with E-state index in [1.165, 1.54) is 11.3 Å². The van der Waals surface area contributed by atoms with Crippen molar-refractivity contribution in [2.24, 2.45) is 11.8 Å². The van der Waals surface area contributed by atoms with E-state index in [9.17, 15) is 14.4 Å². The maximum Gasteiger partial charge on any atom is 0.349 e. The average molecular weight is 402 g/mol. The fourth-order valence-electron chi connectivity index (χ4n) is 3.64. The van der Waals surface area contributed by atoms with Crippen LogP contribution in [0.15, 0.2) is 32.8 Å². The van der Waals surface area contributed by atoms with Gasteiger partial charge in [-0.05, 0) is 55.2 Å². The Morgan fingerprint density at radius 2 is 2.14 bits per heavy atom. The standard InChI is InChI=1S/C22H27NO4S/c1-14(2)8-9-17-12-15(3)19(22(26)27-17)21(25)23-10-4-6-16(13-23)20(24)18-7-5-11-28-18/h5,7,11-12,14,16H,4,6,8-10,13H2,1-3H3. The lowest BCUT2D eigenvalue weighted by atomic mass is 9.92. The van der Waals surface area contributed by atoms with Crippen molar-refractivity contribution in [2.75, 3.05) is 13.1 Å². The van der Waals surface area contributed by atoms with Gasteiger partial charge >= 0.3 is 5.63 Å². The van der Waals surface area contributed by atoms with Gasteiger partial charge in [0.1, 0.15) is 11.3 Å². The summed E-state index contributed by atoms with van der Waals surface area (Å²) in [5.74, 6) is 0.676. The van der Waals surface area contributed by atoms with Crippen LogP contribution in [0.3, 0.4) is 0 Å². The zero-order valence-corrected chi connectivity index (χ0v) is 17.5. The highest BCUT2D eigenvalue weighted by Gasteiger charge is 2.31. The van der Waals surface area contributed by atoms with Crippen LogP contribution in [0.25, 0.3) is 0 Å². The van der Waals surface area contributed by atoms with Gasteiger partial charge in [0.2, 0.25) is 0 Å². The zero-order chi connectivity index (χ0) is 20.3. The summed E-state index contributed by atoms with van der Waals surface area (Å²) in [4.78, 5) is 40.6. The lowest BCUT2D eigenvalue weighted by Gasteiger charge is -2.32. The Hall–Kier alpha value is -2.21. The molecule has 0 bridgehead atoms. The van der Waals surface area contributed by atoms with E-state index in [4.69, 9.17) is 4.42 Å². The molecule has 5 nitrogen and oxygen atoms in total. The number of amides is 1. The Bertz CT molecular complexity index is 898. The summed E-state index contributed by atoms with van der Waals surface area (Å²) in [6.07, 6.45) is 3.13. The van der Waals surface area contributed by atoms with Crippen molar-refractivity contribution in [3.63, 3.8) is 0 Å². The van der Waals surface area contributed by atoms with Gasteiger partial charge in [-0.2, -0.15) is 0 Å². The summed E-state index contributed by atoms with van der Waals surface area (Å²) < 4.78 is 5.42. The van der Waals surface area contributed by atoms with E-state index in [1.807, 2.05) is 17.5 Å². The van der Waals surface area contributed by atoms with Crippen molar-refractivity contribution in [1.82, 2.24) is 4.90 Å². The van der Waals surface area contributed by atoms with Crippen molar-refractivity contribution in [1.29, 1.82) is 0 Å². The third kappa shape index (κ3) is 4.61. The van der Waals surface area contributed by atoms with Gasteiger partial charge in [0.15, 0.2) is 5.78 Å². The summed E-state index contributed by atoms with van der Waals surface area (Å²) in [6.45, 7) is 6.92. The molecule has 0 aromatic carbocycles. The summed E-state index contributed by atoms with van der Waals surface area (Å²) >= 11 is 1.43. The molecule has 3 rings (SSSR count). The quantitative estimate of drug-likeness (QED) is 0.676. The van der Waals surface area contributed by atoms with E-state index in [2.05, 4.69) is 13.8 Å². The predicted octanol–water partition coefficient (Wildman–Crippen LogP) is 4.33. The Morgan fingerprint density at radius 1 is 1.36 bits per heavy atom. The first-order chi connectivity index (χ1) is 13.4. The van der Waals surface area contributed by atoms with Crippen LogP contribution in [0.2, 0.25) is 0 Å². The number of aryl methyl sites for hydroxylation is 2. The summed E-state index contributed by atoms with van der Waals surface area (Å²) in [5, 5.41) is 1.88. The monoisotopic (exact) mass is 401 g/mol. The van der Waals surface area contributed by atoms with Crippen LogP contribution in [0.4, 0.5) is 0 Å². The predicted molar refractivity (Wildman–Crippen MR) is 110 cm³/mol. The van der Waals surface area contributed by atoms with E-state index < -0.39 is 5.63 Å². The summed E-state index contributed by atoms with van der Waals surface area (Å²) in [6, 6.07) is 5.48. The molecule has 2 aromatic rings. The molecule has 0 radical (unpaired) electrons. The first-order valence-electron chi connectivity index (χ1n) is 9.87. The van der Waals surface area contributed by atoms with Crippen molar-refractivity contribution >= 4 is 23.0 Å². The van der Waals surface area contributed by atoms with E-state index >= 15 is 0 Å². The second kappa shape index (κ2) is 8.86. The molecule has 1 atom stereocenters. The van der Waals surface area contributed by atoms with Gasteiger partial charge < -0.3 is 9.32 Å². The molecule has 1 saturated heterocycles. The normalized spacial score (nSPS) is 17.1. The van der Waals surface area contributed by atoms with Crippen molar-refractivity contribution < 1.29 is 14.0 Å². The number of carbonyl (C=O) groups is 2. The van der Waals surface area contributed by atoms with Crippen molar-refractivity contribution in [3.8, 4) is 0 Å². The Balaban J connectivity index is 1.76. The van der Waals surface area contributed by atoms with Crippen LogP contribution >= 0.6 is 11.3 Å². The fraction of sp³-hybridized carbons (Fsp3) is 0.500. The second-order valence-corrected chi connectivity index (χ2v) is 8.87. The van der Waals surface area contributed by atoms with Crippen molar-refractivity contribution in [3.05, 3.63) is 55.8 Å². The minimum atomic E-state index is -0.574. The number of Topliss-reactive ketones (excluding diaryl/α,β-unsaturated/α-hetero) is 1. The molecule has 0 aliphatic carbocycles. The molecule has 1 unspecified atom stereocenters. The molecule has 1 amide bonds. The number of thiophene rings is 1. The van der Waals surface area contributed by atoms with Crippen LogP contribution < -0.4 is 5.63 Å². The third-order valence-electron chi connectivity index (χ3n) is 5.23. The molecule has 0 N–H and O–H groups in total. The van der Waals surface area contributed by atoms with Crippen LogP contribution in [0, 0.1) is 18.8 Å². The van der Waals surface area contributed by atoms with Gasteiger partial charge in [-0.15, -0.1) is 11.3 Å². The molecule has 1 aliphatic heterocycles. The summed E-state index contributed by atoms with van der Waals surface area (Å²) in [5.41, 5.74) is 0.166. The minimum absolute atomic E-state index is 0.0836. The molecule has 6 heteroatoms. The number of piperidine rings is 1. The number of carbonyl (C=O) groups excluding carboxylic acids is 2. The molecule has 2 aromatic heterocycles. The molecule has 150 valence electrons. The Morgan fingerprint density at radius 3 is 2.79 bits per heavy atom. The summed E-state index contributed by atoms with van der Waals surface area (Å²) in [7, 11) is 0. The van der Waals surface area contributed by atoms with Crippen LogP contribution in [0.1, 0.15) is 64.5 Å². The number of nitrogens with zero attached hydrogens (tertiary/aromatic N) is 1. The first kappa shape index (κ1) is 20.5. The zero-order valence-electron chi connectivity index (χ0n) is 16.7. The van der Waals surface area contributed by atoms with E-state index in [0.717, 1.165) is 24.1 Å². The molecule has 3 heterocycles. The van der Waals surface area contributed by atoms with Gasteiger partial charge in [-0.1, -0.05) is 19.9 Å². The van der Waals surface area contributed by atoms with Crippen molar-refractivity contribution in [2.45, 2.75) is 46.5 Å². The van der Waals surface area contributed by atoms with Gasteiger partial charge in [-0.3, -0.25) is 9.59 Å². The van der Waals surface area contributed by atoms with Crippen LogP contribution in [0.5, 0.6) is 0 Å². The van der Waals surface area contributed by atoms with E-state index in [1.54, 1.807) is 17.9 Å². The molecule has 1 aliphatic rings. The third-order valence-corrected chi connectivity index (χ3v) is 6.11. The highest BCUT2D eigenvalue weighted by Crippen LogP contribution is 2.24. The van der Waals surface area contributed by atoms with E-state index in [0.29, 0.717) is 36.8 Å². The lowest BCUT2D eigenvalue weighted by molar-refractivity contribution is 0.0633. The van der Waals surface area contributed by atoms with E-state index in [-0.39, 0.29) is 23.2 Å². The molecule has 0 spiro atoms. The maximum atomic E-state index is 13.0. The van der Waals surface area contributed by atoms with Gasteiger partial charge in [0, 0.05) is 25.4 Å². The highest BCUT2D eigenvalue weighted by molar-refractivity contribution is 7.12. The van der Waals surface area contributed by atoms with Crippen LogP contribution in [-0.4, -0.2) is 29.7 Å². The molecular formula is C22H27NO4S. The van der Waals surface area contributed by atoms with Gasteiger partial charge in [0.25, 0.3) is 5.91 Å². The molecule has 0 saturated carbocycles. The molecule has 1 fully saturated rings. The number of hydrogen-bond donors (Lipinski definition) is 0. The first-order valence-corrected chi connectivity index (χ1v) is 10.8. The largest absolute Gasteiger partial charge is 0.427 e. The van der Waals surface area contributed by atoms with Gasteiger partial charge in [-0.25, -0.2) is 4.79 Å². The number of rotatable bonds is 6. The second-order valence-electron chi connectivity index (χ2n) is 7.92. The molecule has 28 heavy (non-hydrogen) atoms. The van der Waals surface area contributed by atoms with Gasteiger partial charge in [0.05, 0.1) is 4.88 Å². The highest BCUT2D eigenvalue weighted by atomic mass is 32.1. The fourth-order valence-corrected chi connectivity index (χ4v) is 4.38. The minimum Gasteiger partial charge on any atom is -0.427 e. The molecular weight excluding hydrogens is 374 g/mol. The Kier molecular flexibility index (Phi) is 6.50. The average Bonchev–Trinajstić information content (AvgIpc) is 3.20. The topological polar surface area (TPSA) is 67.6 Å². The lowest BCUT2D eigenvalue weighted by Crippen LogP contribution is -2.43.